The minimum atomic E-state index is -0.395. The molecule has 0 aliphatic heterocycles. The number of anilines is 1. The predicted molar refractivity (Wildman–Crippen MR) is 73.7 cm³/mol. The van der Waals surface area contributed by atoms with Gasteiger partial charge in [-0.05, 0) is 31.5 Å². The van der Waals surface area contributed by atoms with Crippen LogP contribution in [0.1, 0.15) is 22.8 Å². The van der Waals surface area contributed by atoms with E-state index in [2.05, 4.69) is 5.10 Å². The quantitative estimate of drug-likeness (QED) is 0.692. The molecule has 0 amide bonds. The van der Waals surface area contributed by atoms with Crippen LogP contribution in [0.3, 0.4) is 0 Å². The van der Waals surface area contributed by atoms with E-state index in [4.69, 9.17) is 22.1 Å². The maximum atomic E-state index is 11.6. The molecule has 1 aromatic carbocycles. The van der Waals surface area contributed by atoms with Gasteiger partial charge in [0, 0.05) is 6.20 Å². The number of rotatable bonds is 3. The van der Waals surface area contributed by atoms with Crippen molar-refractivity contribution < 1.29 is 9.53 Å². The molecule has 2 N–H and O–H groups in total. The van der Waals surface area contributed by atoms with Gasteiger partial charge in [0.25, 0.3) is 0 Å². The molecular weight excluding hydrogens is 266 g/mol. The van der Waals surface area contributed by atoms with Crippen LogP contribution < -0.4 is 5.73 Å². The van der Waals surface area contributed by atoms with E-state index in [0.29, 0.717) is 22.9 Å². The Labute approximate surface area is 115 Å². The van der Waals surface area contributed by atoms with Crippen LogP contribution in [-0.4, -0.2) is 22.4 Å². The Morgan fingerprint density at radius 2 is 2.26 bits per heavy atom. The Balaban J connectivity index is 2.38. The van der Waals surface area contributed by atoms with Crippen molar-refractivity contribution in [2.75, 3.05) is 12.3 Å². The summed E-state index contributed by atoms with van der Waals surface area (Å²) in [5.41, 5.74) is 8.33. The van der Waals surface area contributed by atoms with Crippen LogP contribution in [-0.2, 0) is 4.74 Å². The van der Waals surface area contributed by atoms with E-state index in [1.54, 1.807) is 29.9 Å². The summed E-state index contributed by atoms with van der Waals surface area (Å²) in [4.78, 5) is 11.6. The molecule has 5 nitrogen and oxygen atoms in total. The van der Waals surface area contributed by atoms with E-state index in [1.807, 2.05) is 6.92 Å². The van der Waals surface area contributed by atoms with Crippen LogP contribution in [0.2, 0.25) is 5.02 Å². The zero-order valence-electron chi connectivity index (χ0n) is 10.7. The van der Waals surface area contributed by atoms with Crippen molar-refractivity contribution >= 4 is 23.3 Å². The van der Waals surface area contributed by atoms with Gasteiger partial charge in [-0.2, -0.15) is 5.10 Å². The molecule has 0 saturated heterocycles. The number of esters is 1. The van der Waals surface area contributed by atoms with Crippen molar-refractivity contribution in [1.29, 1.82) is 0 Å². The van der Waals surface area contributed by atoms with E-state index in [-0.39, 0.29) is 0 Å². The lowest BCUT2D eigenvalue weighted by atomic mass is 10.2. The first-order chi connectivity index (χ1) is 9.02. The molecular formula is C13H14ClN3O2. The average molecular weight is 280 g/mol. The van der Waals surface area contributed by atoms with E-state index in [0.717, 1.165) is 11.3 Å². The summed E-state index contributed by atoms with van der Waals surface area (Å²) in [5.74, 6) is -0.395. The lowest BCUT2D eigenvalue weighted by Crippen LogP contribution is -2.03. The molecule has 1 aromatic heterocycles. The third-order valence-electron chi connectivity index (χ3n) is 2.66. The highest BCUT2D eigenvalue weighted by molar-refractivity contribution is 6.33. The van der Waals surface area contributed by atoms with Crippen molar-refractivity contribution in [2.45, 2.75) is 13.8 Å². The summed E-state index contributed by atoms with van der Waals surface area (Å²) in [5, 5.41) is 4.59. The number of aromatic nitrogens is 2. The van der Waals surface area contributed by atoms with Crippen LogP contribution in [0, 0.1) is 6.92 Å². The number of carbonyl (C=O) groups is 1. The zero-order chi connectivity index (χ0) is 14.0. The number of halogens is 1. The molecule has 0 aliphatic rings. The highest BCUT2D eigenvalue weighted by Gasteiger charge is 2.12. The standard InChI is InChI=1S/C13H14ClN3O2/c1-3-19-13(18)9-6-16-17(7-9)12-5-10(14)11(15)4-8(12)2/h4-7H,3,15H2,1-2H3. The summed E-state index contributed by atoms with van der Waals surface area (Å²) in [6.45, 7) is 3.98. The second-order valence-corrected chi connectivity index (χ2v) is 4.46. The fourth-order valence-electron chi connectivity index (χ4n) is 1.71. The molecule has 0 fully saturated rings. The Morgan fingerprint density at radius 3 is 2.95 bits per heavy atom. The number of nitrogens with two attached hydrogens (primary N) is 1. The highest BCUT2D eigenvalue weighted by Crippen LogP contribution is 2.25. The van der Waals surface area contributed by atoms with Crippen molar-refractivity contribution in [1.82, 2.24) is 9.78 Å². The molecule has 0 unspecified atom stereocenters. The SMILES string of the molecule is CCOC(=O)c1cnn(-c2cc(Cl)c(N)cc2C)c1. The third kappa shape index (κ3) is 2.71. The lowest BCUT2D eigenvalue weighted by molar-refractivity contribution is 0.0526. The molecule has 100 valence electrons. The van der Waals surface area contributed by atoms with Crippen LogP contribution in [0.5, 0.6) is 0 Å². The van der Waals surface area contributed by atoms with Gasteiger partial charge in [0.15, 0.2) is 0 Å². The molecule has 0 aliphatic carbocycles. The number of aryl methyl sites for hydroxylation is 1. The molecule has 2 rings (SSSR count). The van der Waals surface area contributed by atoms with Crippen molar-refractivity contribution in [3.05, 3.63) is 40.7 Å². The molecule has 0 spiro atoms. The summed E-state index contributed by atoms with van der Waals surface area (Å²) in [6.07, 6.45) is 3.06. The second kappa shape index (κ2) is 5.32. The summed E-state index contributed by atoms with van der Waals surface area (Å²) >= 11 is 6.00. The first-order valence-corrected chi connectivity index (χ1v) is 6.18. The van der Waals surface area contributed by atoms with Gasteiger partial charge in [-0.25, -0.2) is 9.48 Å². The summed E-state index contributed by atoms with van der Waals surface area (Å²) < 4.78 is 6.49. The molecule has 0 atom stereocenters. The van der Waals surface area contributed by atoms with Gasteiger partial charge in [0.1, 0.15) is 0 Å². The monoisotopic (exact) mass is 279 g/mol. The largest absolute Gasteiger partial charge is 0.462 e. The van der Waals surface area contributed by atoms with Gasteiger partial charge < -0.3 is 10.5 Å². The van der Waals surface area contributed by atoms with Gasteiger partial charge >= 0.3 is 5.97 Å². The van der Waals surface area contributed by atoms with Gasteiger partial charge in [-0.15, -0.1) is 0 Å². The molecule has 0 saturated carbocycles. The Hall–Kier alpha value is -2.01. The average Bonchev–Trinajstić information content (AvgIpc) is 2.83. The maximum absolute atomic E-state index is 11.6. The van der Waals surface area contributed by atoms with Crippen LogP contribution in [0.25, 0.3) is 5.69 Å². The minimum absolute atomic E-state index is 0.330. The fourth-order valence-corrected chi connectivity index (χ4v) is 1.87. The smallest absolute Gasteiger partial charge is 0.341 e. The van der Waals surface area contributed by atoms with E-state index in [1.165, 1.54) is 6.20 Å². The Kier molecular flexibility index (Phi) is 3.76. The highest BCUT2D eigenvalue weighted by atomic mass is 35.5. The van der Waals surface area contributed by atoms with E-state index >= 15 is 0 Å². The number of carbonyl (C=O) groups excluding carboxylic acids is 1. The van der Waals surface area contributed by atoms with Gasteiger partial charge in [-0.1, -0.05) is 11.6 Å². The zero-order valence-corrected chi connectivity index (χ0v) is 11.4. The molecule has 1 heterocycles. The van der Waals surface area contributed by atoms with E-state index in [9.17, 15) is 4.79 Å². The molecule has 2 aromatic rings. The van der Waals surface area contributed by atoms with Crippen LogP contribution in [0.15, 0.2) is 24.5 Å². The number of hydrogen-bond acceptors (Lipinski definition) is 4. The van der Waals surface area contributed by atoms with E-state index < -0.39 is 5.97 Å². The van der Waals surface area contributed by atoms with Gasteiger partial charge in [0.2, 0.25) is 0 Å². The Bertz CT molecular complexity index is 622. The number of nitrogen functional groups attached to an aromatic ring is 1. The molecule has 0 bridgehead atoms. The fraction of sp³-hybridized carbons (Fsp3) is 0.231. The first-order valence-electron chi connectivity index (χ1n) is 5.80. The summed E-state index contributed by atoms with van der Waals surface area (Å²) in [6, 6.07) is 3.48. The third-order valence-corrected chi connectivity index (χ3v) is 2.98. The maximum Gasteiger partial charge on any atom is 0.341 e. The molecule has 0 radical (unpaired) electrons. The topological polar surface area (TPSA) is 70.1 Å². The molecule has 19 heavy (non-hydrogen) atoms. The first kappa shape index (κ1) is 13.4. The number of nitrogens with zero attached hydrogens (tertiary/aromatic N) is 2. The van der Waals surface area contributed by atoms with Crippen LogP contribution >= 0.6 is 11.6 Å². The number of benzene rings is 1. The van der Waals surface area contributed by atoms with Crippen molar-refractivity contribution in [2.24, 2.45) is 0 Å². The van der Waals surface area contributed by atoms with Crippen molar-refractivity contribution in [3.8, 4) is 5.69 Å². The van der Waals surface area contributed by atoms with Gasteiger partial charge in [0.05, 0.1) is 34.8 Å². The normalized spacial score (nSPS) is 10.5. The predicted octanol–water partition coefficient (Wildman–Crippen LogP) is 2.59. The second-order valence-electron chi connectivity index (χ2n) is 4.05. The van der Waals surface area contributed by atoms with Crippen molar-refractivity contribution in [3.63, 3.8) is 0 Å². The Morgan fingerprint density at radius 1 is 1.53 bits per heavy atom. The minimum Gasteiger partial charge on any atom is -0.462 e. The molecule has 6 heteroatoms. The number of ether oxygens (including phenoxy) is 1. The summed E-state index contributed by atoms with van der Waals surface area (Å²) in [7, 11) is 0. The lowest BCUT2D eigenvalue weighted by Gasteiger charge is -2.08. The number of hydrogen-bond donors (Lipinski definition) is 1. The van der Waals surface area contributed by atoms with Gasteiger partial charge in [-0.3, -0.25) is 0 Å². The van der Waals surface area contributed by atoms with Crippen LogP contribution in [0.4, 0.5) is 5.69 Å².